The number of carboxylic acid groups (broad SMARTS) is 1. The number of fused-ring (bicyclic) bond motifs is 1. The molecule has 1 spiro atoms. The van der Waals surface area contributed by atoms with Gasteiger partial charge in [-0.2, -0.15) is 0 Å². The molecule has 1 aromatic carbocycles. The molecule has 0 bridgehead atoms. The van der Waals surface area contributed by atoms with Gasteiger partial charge in [-0.3, -0.25) is 9.69 Å². The number of imide groups is 1. The standard InChI is InChI=1S/C14H14N2O4/c1-16-12(19)14(15-13(16)20)5-4-8-6-9(11(17)18)2-3-10(8)7-14/h2-3,6H,4-5,7H2,1H3,(H,15,20)(H,17,18). The molecule has 0 aromatic heterocycles. The van der Waals surface area contributed by atoms with Crippen molar-refractivity contribution >= 4 is 17.9 Å². The Hall–Kier alpha value is -2.37. The molecule has 2 N–H and O–H groups in total. The maximum atomic E-state index is 12.2. The number of aromatic carboxylic acids is 1. The molecule has 1 fully saturated rings. The molecular weight excluding hydrogens is 260 g/mol. The van der Waals surface area contributed by atoms with Gasteiger partial charge in [-0.05, 0) is 36.1 Å². The Balaban J connectivity index is 1.95. The van der Waals surface area contributed by atoms with E-state index in [1.807, 2.05) is 0 Å². The van der Waals surface area contributed by atoms with E-state index in [9.17, 15) is 14.4 Å². The second-order valence-electron chi connectivity index (χ2n) is 5.34. The van der Waals surface area contributed by atoms with E-state index < -0.39 is 11.5 Å². The molecule has 20 heavy (non-hydrogen) atoms. The van der Waals surface area contributed by atoms with Crippen molar-refractivity contribution in [2.24, 2.45) is 0 Å². The topological polar surface area (TPSA) is 86.7 Å². The minimum absolute atomic E-state index is 0.213. The van der Waals surface area contributed by atoms with Crippen molar-refractivity contribution < 1.29 is 19.5 Å². The number of nitrogens with one attached hydrogen (secondary N) is 1. The van der Waals surface area contributed by atoms with Crippen LogP contribution < -0.4 is 5.32 Å². The van der Waals surface area contributed by atoms with Crippen LogP contribution in [0.3, 0.4) is 0 Å². The van der Waals surface area contributed by atoms with Gasteiger partial charge in [0.2, 0.25) is 0 Å². The van der Waals surface area contributed by atoms with Crippen molar-refractivity contribution in [1.29, 1.82) is 0 Å². The molecular formula is C14H14N2O4. The quantitative estimate of drug-likeness (QED) is 0.741. The van der Waals surface area contributed by atoms with Crippen LogP contribution in [0.15, 0.2) is 18.2 Å². The summed E-state index contributed by atoms with van der Waals surface area (Å²) in [6.45, 7) is 0. The molecule has 6 heteroatoms. The number of aryl methyl sites for hydroxylation is 1. The maximum absolute atomic E-state index is 12.2. The highest BCUT2D eigenvalue weighted by molar-refractivity contribution is 6.07. The Bertz CT molecular complexity index is 640. The van der Waals surface area contributed by atoms with Crippen LogP contribution in [-0.2, 0) is 17.6 Å². The Morgan fingerprint density at radius 3 is 2.70 bits per heavy atom. The zero-order valence-electron chi connectivity index (χ0n) is 11.0. The molecule has 1 aromatic rings. The summed E-state index contributed by atoms with van der Waals surface area (Å²) in [6.07, 6.45) is 1.49. The molecule has 1 aliphatic carbocycles. The van der Waals surface area contributed by atoms with Crippen molar-refractivity contribution in [1.82, 2.24) is 10.2 Å². The van der Waals surface area contributed by atoms with E-state index in [0.29, 0.717) is 19.3 Å². The summed E-state index contributed by atoms with van der Waals surface area (Å²) in [4.78, 5) is 35.9. The van der Waals surface area contributed by atoms with Crippen molar-refractivity contribution in [2.75, 3.05) is 7.05 Å². The van der Waals surface area contributed by atoms with Gasteiger partial charge in [0.05, 0.1) is 5.56 Å². The van der Waals surface area contributed by atoms with Crippen molar-refractivity contribution in [2.45, 2.75) is 24.8 Å². The number of hydrogen-bond donors (Lipinski definition) is 2. The van der Waals surface area contributed by atoms with E-state index in [0.717, 1.165) is 16.0 Å². The Labute approximate surface area is 115 Å². The lowest BCUT2D eigenvalue weighted by molar-refractivity contribution is -0.130. The number of benzene rings is 1. The second kappa shape index (κ2) is 4.06. The van der Waals surface area contributed by atoms with Gasteiger partial charge in [0.25, 0.3) is 5.91 Å². The van der Waals surface area contributed by atoms with Gasteiger partial charge >= 0.3 is 12.0 Å². The van der Waals surface area contributed by atoms with Gasteiger partial charge in [-0.15, -0.1) is 0 Å². The first-order valence-corrected chi connectivity index (χ1v) is 6.38. The fourth-order valence-electron chi connectivity index (χ4n) is 2.97. The monoisotopic (exact) mass is 274 g/mol. The van der Waals surface area contributed by atoms with Gasteiger partial charge in [-0.1, -0.05) is 6.07 Å². The average Bonchev–Trinajstić information content (AvgIpc) is 2.63. The first-order valence-electron chi connectivity index (χ1n) is 6.38. The summed E-state index contributed by atoms with van der Waals surface area (Å²) in [7, 11) is 1.47. The van der Waals surface area contributed by atoms with Crippen LogP contribution in [0.1, 0.15) is 27.9 Å². The van der Waals surface area contributed by atoms with Gasteiger partial charge in [-0.25, -0.2) is 9.59 Å². The van der Waals surface area contributed by atoms with Crippen LogP contribution in [0, 0.1) is 0 Å². The van der Waals surface area contributed by atoms with Crippen LogP contribution in [-0.4, -0.2) is 40.5 Å². The largest absolute Gasteiger partial charge is 0.478 e. The predicted molar refractivity (Wildman–Crippen MR) is 69.5 cm³/mol. The molecule has 1 aliphatic heterocycles. The zero-order chi connectivity index (χ0) is 14.5. The number of carboxylic acids is 1. The summed E-state index contributed by atoms with van der Waals surface area (Å²) in [5.41, 5.74) is 1.25. The summed E-state index contributed by atoms with van der Waals surface area (Å²) in [6, 6.07) is 4.54. The number of carbonyl (C=O) groups is 3. The summed E-state index contributed by atoms with van der Waals surface area (Å²) in [5.74, 6) is -1.17. The Morgan fingerprint density at radius 2 is 2.10 bits per heavy atom. The minimum atomic E-state index is -0.960. The van der Waals surface area contributed by atoms with Crippen molar-refractivity contribution in [3.8, 4) is 0 Å². The fourth-order valence-corrected chi connectivity index (χ4v) is 2.97. The van der Waals surface area contributed by atoms with Crippen molar-refractivity contribution in [3.05, 3.63) is 34.9 Å². The van der Waals surface area contributed by atoms with E-state index in [1.54, 1.807) is 12.1 Å². The van der Waals surface area contributed by atoms with E-state index in [2.05, 4.69) is 5.32 Å². The third-order valence-electron chi connectivity index (χ3n) is 4.13. The number of hydrogen-bond acceptors (Lipinski definition) is 3. The molecule has 2 aliphatic rings. The number of rotatable bonds is 1. The molecule has 1 saturated heterocycles. The Kier molecular flexibility index (Phi) is 2.57. The molecule has 104 valence electrons. The second-order valence-corrected chi connectivity index (χ2v) is 5.34. The number of likely N-dealkylation sites (N-methyl/N-ethyl adjacent to an activating group) is 1. The molecule has 3 rings (SSSR count). The highest BCUT2D eigenvalue weighted by Crippen LogP contribution is 2.33. The van der Waals surface area contributed by atoms with Crippen LogP contribution in [0.4, 0.5) is 4.79 Å². The highest BCUT2D eigenvalue weighted by Gasteiger charge is 2.50. The minimum Gasteiger partial charge on any atom is -0.478 e. The fraction of sp³-hybridized carbons (Fsp3) is 0.357. The number of urea groups is 1. The molecule has 0 saturated carbocycles. The van der Waals surface area contributed by atoms with Crippen LogP contribution >= 0.6 is 0 Å². The van der Waals surface area contributed by atoms with Gasteiger partial charge in [0.1, 0.15) is 5.54 Å². The summed E-state index contributed by atoms with van der Waals surface area (Å²) >= 11 is 0. The highest BCUT2D eigenvalue weighted by atomic mass is 16.4. The zero-order valence-corrected chi connectivity index (χ0v) is 11.0. The van der Waals surface area contributed by atoms with E-state index in [4.69, 9.17) is 5.11 Å². The van der Waals surface area contributed by atoms with Gasteiger partial charge in [0.15, 0.2) is 0 Å². The van der Waals surface area contributed by atoms with Gasteiger partial charge in [0, 0.05) is 13.5 Å². The van der Waals surface area contributed by atoms with Crippen LogP contribution in [0.25, 0.3) is 0 Å². The van der Waals surface area contributed by atoms with Crippen LogP contribution in [0.5, 0.6) is 0 Å². The lowest BCUT2D eigenvalue weighted by Crippen LogP contribution is -2.51. The van der Waals surface area contributed by atoms with Gasteiger partial charge < -0.3 is 10.4 Å². The van der Waals surface area contributed by atoms with E-state index >= 15 is 0 Å². The average molecular weight is 274 g/mol. The summed E-state index contributed by atoms with van der Waals surface area (Å²) < 4.78 is 0. The third kappa shape index (κ3) is 1.68. The molecule has 1 unspecified atom stereocenters. The SMILES string of the molecule is CN1C(=O)NC2(CCc3cc(C(=O)O)ccc3C2)C1=O. The van der Waals surface area contributed by atoms with E-state index in [1.165, 1.54) is 13.1 Å². The third-order valence-corrected chi connectivity index (χ3v) is 4.13. The molecule has 3 amide bonds. The summed E-state index contributed by atoms with van der Waals surface area (Å²) in [5, 5.41) is 11.8. The first-order chi connectivity index (χ1) is 9.43. The smallest absolute Gasteiger partial charge is 0.335 e. The Morgan fingerprint density at radius 1 is 1.35 bits per heavy atom. The molecule has 6 nitrogen and oxygen atoms in total. The number of amides is 3. The lowest BCUT2D eigenvalue weighted by Gasteiger charge is -2.32. The predicted octanol–water partition coefficient (Wildman–Crippen LogP) is 0.794. The molecule has 1 heterocycles. The maximum Gasteiger partial charge on any atom is 0.335 e. The van der Waals surface area contributed by atoms with Crippen LogP contribution in [0.2, 0.25) is 0 Å². The van der Waals surface area contributed by atoms with E-state index in [-0.39, 0.29) is 17.5 Å². The molecule has 0 radical (unpaired) electrons. The number of nitrogens with zero attached hydrogens (tertiary/aromatic N) is 1. The normalized spacial score (nSPS) is 24.8. The first kappa shape index (κ1) is 12.7. The molecule has 1 atom stereocenters. The van der Waals surface area contributed by atoms with Crippen molar-refractivity contribution in [3.63, 3.8) is 0 Å². The lowest BCUT2D eigenvalue weighted by atomic mass is 9.77. The number of carbonyl (C=O) groups excluding carboxylic acids is 2.